The molecule has 0 bridgehead atoms. The molecule has 3 nitrogen and oxygen atoms in total. The largest absolute Gasteiger partial charge is 0.289 e. The number of pyridine rings is 2. The maximum Gasteiger partial charge on any atom is 0.188 e. The molecule has 4 rings (SSSR count). The Morgan fingerprint density at radius 2 is 1.79 bits per heavy atom. The van der Waals surface area contributed by atoms with Crippen molar-refractivity contribution >= 4 is 34.4 Å². The minimum Gasteiger partial charge on any atom is -0.289 e. The molecule has 0 aliphatic carbocycles. The van der Waals surface area contributed by atoms with Gasteiger partial charge in [-0.3, -0.25) is 14.8 Å². The lowest BCUT2D eigenvalue weighted by Gasteiger charge is -2.14. The van der Waals surface area contributed by atoms with E-state index in [4.69, 9.17) is 11.6 Å². The van der Waals surface area contributed by atoms with Crippen molar-refractivity contribution in [3.05, 3.63) is 101 Å². The topological polar surface area (TPSA) is 42.9 Å². The summed E-state index contributed by atoms with van der Waals surface area (Å²) in [5.41, 5.74) is 4.60. The minimum absolute atomic E-state index is 0.114. The maximum absolute atomic E-state index is 13.2. The average Bonchev–Trinajstić information content (AvgIpc) is 2.73. The van der Waals surface area contributed by atoms with E-state index < -0.39 is 0 Å². The zero-order chi connectivity index (χ0) is 19.5. The van der Waals surface area contributed by atoms with Crippen LogP contribution in [-0.2, 0) is 0 Å². The quantitative estimate of drug-likeness (QED) is 0.313. The molecular formula is C24H17ClN2O. The van der Waals surface area contributed by atoms with Crippen molar-refractivity contribution in [2.24, 2.45) is 0 Å². The Bertz CT molecular complexity index is 1190. The van der Waals surface area contributed by atoms with E-state index >= 15 is 0 Å². The minimum atomic E-state index is -0.114. The van der Waals surface area contributed by atoms with E-state index in [2.05, 4.69) is 9.97 Å². The number of carbonyl (C=O) groups excluding carboxylic acids is 1. The van der Waals surface area contributed by atoms with E-state index in [1.807, 2.05) is 73.7 Å². The summed E-state index contributed by atoms with van der Waals surface area (Å²) in [5, 5.41) is 1.47. The Balaban J connectivity index is 1.93. The molecule has 2 aromatic heterocycles. The highest BCUT2D eigenvalue weighted by molar-refractivity contribution is 6.31. The third kappa shape index (κ3) is 3.57. The van der Waals surface area contributed by atoms with Gasteiger partial charge in [0.05, 0.1) is 16.8 Å². The molecule has 0 saturated carbocycles. The first-order valence-corrected chi connectivity index (χ1v) is 9.30. The Morgan fingerprint density at radius 1 is 1.00 bits per heavy atom. The summed E-state index contributed by atoms with van der Waals surface area (Å²) in [7, 11) is 0. The summed E-state index contributed by atoms with van der Waals surface area (Å²) in [6.07, 6.45) is 4.97. The zero-order valence-corrected chi connectivity index (χ0v) is 16.0. The van der Waals surface area contributed by atoms with Gasteiger partial charge in [0, 0.05) is 27.9 Å². The number of aryl methyl sites for hydroxylation is 1. The van der Waals surface area contributed by atoms with Gasteiger partial charge in [0.15, 0.2) is 5.78 Å². The van der Waals surface area contributed by atoms with Crippen molar-refractivity contribution in [2.75, 3.05) is 0 Å². The smallest absolute Gasteiger partial charge is 0.188 e. The third-order valence-corrected chi connectivity index (χ3v) is 4.77. The first kappa shape index (κ1) is 18.1. The van der Waals surface area contributed by atoms with Crippen LogP contribution in [0.2, 0.25) is 5.02 Å². The summed E-state index contributed by atoms with van der Waals surface area (Å²) in [6.45, 7) is 1.86. The second kappa shape index (κ2) is 7.75. The normalized spacial score (nSPS) is 11.2. The monoisotopic (exact) mass is 384 g/mol. The summed E-state index contributed by atoms with van der Waals surface area (Å²) in [6, 6.07) is 21.0. The fourth-order valence-corrected chi connectivity index (χ4v) is 3.46. The van der Waals surface area contributed by atoms with Crippen molar-refractivity contribution in [1.29, 1.82) is 0 Å². The highest BCUT2D eigenvalue weighted by atomic mass is 35.5. The molecule has 2 heterocycles. The van der Waals surface area contributed by atoms with Crippen LogP contribution in [0.3, 0.4) is 0 Å². The van der Waals surface area contributed by atoms with E-state index in [1.165, 1.54) is 0 Å². The van der Waals surface area contributed by atoms with Crippen molar-refractivity contribution in [3.8, 4) is 11.1 Å². The lowest BCUT2D eigenvalue weighted by Crippen LogP contribution is -2.05. The number of allylic oxidation sites excluding steroid dienone is 1. The van der Waals surface area contributed by atoms with Gasteiger partial charge >= 0.3 is 0 Å². The molecule has 4 aromatic rings. The fourth-order valence-electron chi connectivity index (χ4n) is 3.28. The highest BCUT2D eigenvalue weighted by Gasteiger charge is 2.19. The molecule has 0 spiro atoms. The lowest BCUT2D eigenvalue weighted by atomic mass is 9.92. The second-order valence-electron chi connectivity index (χ2n) is 6.43. The van der Waals surface area contributed by atoms with Crippen LogP contribution < -0.4 is 0 Å². The van der Waals surface area contributed by atoms with Crippen LogP contribution in [0.5, 0.6) is 0 Å². The number of aromatic nitrogens is 2. The third-order valence-electron chi connectivity index (χ3n) is 4.53. The van der Waals surface area contributed by atoms with Crippen LogP contribution >= 0.6 is 11.6 Å². The van der Waals surface area contributed by atoms with Gasteiger partial charge < -0.3 is 0 Å². The number of rotatable bonds is 4. The number of hydrogen-bond acceptors (Lipinski definition) is 3. The summed E-state index contributed by atoms with van der Waals surface area (Å²) in [5.74, 6) is -0.114. The molecule has 0 amide bonds. The summed E-state index contributed by atoms with van der Waals surface area (Å²) < 4.78 is 0. The van der Waals surface area contributed by atoms with Gasteiger partial charge in [-0.05, 0) is 55.0 Å². The number of hydrogen-bond donors (Lipinski definition) is 0. The van der Waals surface area contributed by atoms with Gasteiger partial charge in [0.2, 0.25) is 0 Å². The van der Waals surface area contributed by atoms with Crippen LogP contribution in [0.4, 0.5) is 0 Å². The SMILES string of the molecule is Cc1nc2ccc(Cl)cc2c(-c2ccccc2)c1C(=O)/C=C/c1ccccn1. The molecule has 4 heteroatoms. The number of fused-ring (bicyclic) bond motifs is 1. The van der Waals surface area contributed by atoms with Gasteiger partial charge in [-0.1, -0.05) is 48.0 Å². The summed E-state index contributed by atoms with van der Waals surface area (Å²) in [4.78, 5) is 22.1. The Labute approximate surface area is 168 Å². The molecule has 0 fully saturated rings. The molecule has 0 atom stereocenters. The first-order valence-electron chi connectivity index (χ1n) is 8.92. The van der Waals surface area contributed by atoms with Gasteiger partial charge in [-0.2, -0.15) is 0 Å². The molecule has 0 radical (unpaired) electrons. The van der Waals surface area contributed by atoms with E-state index in [0.717, 1.165) is 27.7 Å². The number of benzene rings is 2. The van der Waals surface area contributed by atoms with Gasteiger partial charge in [-0.25, -0.2) is 0 Å². The number of nitrogens with zero attached hydrogens (tertiary/aromatic N) is 2. The molecular weight excluding hydrogens is 368 g/mol. The van der Waals surface area contributed by atoms with E-state index in [0.29, 0.717) is 16.3 Å². The average molecular weight is 385 g/mol. The van der Waals surface area contributed by atoms with Crippen LogP contribution in [-0.4, -0.2) is 15.8 Å². The summed E-state index contributed by atoms with van der Waals surface area (Å²) >= 11 is 6.26. The Hall–Kier alpha value is -3.30. The van der Waals surface area contributed by atoms with Crippen LogP contribution in [0, 0.1) is 6.92 Å². The van der Waals surface area contributed by atoms with Crippen molar-refractivity contribution < 1.29 is 4.79 Å². The first-order chi connectivity index (χ1) is 13.6. The molecule has 136 valence electrons. The molecule has 28 heavy (non-hydrogen) atoms. The van der Waals surface area contributed by atoms with E-state index in [-0.39, 0.29) is 5.78 Å². The van der Waals surface area contributed by atoms with Gasteiger partial charge in [0.1, 0.15) is 0 Å². The zero-order valence-electron chi connectivity index (χ0n) is 15.3. The predicted molar refractivity (Wildman–Crippen MR) is 115 cm³/mol. The molecule has 0 aliphatic heterocycles. The molecule has 2 aromatic carbocycles. The van der Waals surface area contributed by atoms with Crippen LogP contribution in [0.15, 0.2) is 79.0 Å². The predicted octanol–water partition coefficient (Wildman–Crippen LogP) is 6.15. The van der Waals surface area contributed by atoms with Crippen molar-refractivity contribution in [1.82, 2.24) is 9.97 Å². The lowest BCUT2D eigenvalue weighted by molar-refractivity contribution is 0.104. The van der Waals surface area contributed by atoms with Crippen molar-refractivity contribution in [3.63, 3.8) is 0 Å². The highest BCUT2D eigenvalue weighted by Crippen LogP contribution is 2.34. The van der Waals surface area contributed by atoms with Crippen LogP contribution in [0.25, 0.3) is 28.1 Å². The molecule has 0 saturated heterocycles. The fraction of sp³-hybridized carbons (Fsp3) is 0.0417. The maximum atomic E-state index is 13.2. The number of halogens is 1. The number of ketones is 1. The number of carbonyl (C=O) groups is 1. The van der Waals surface area contributed by atoms with Gasteiger partial charge in [0.25, 0.3) is 0 Å². The standard InChI is InChI=1S/C24H17ClN2O/c1-16-23(22(28)13-11-19-9-5-6-14-26-19)24(17-7-3-2-4-8-17)20-15-18(25)10-12-21(20)27-16/h2-15H,1H3/b13-11+. The van der Waals surface area contributed by atoms with Gasteiger partial charge in [-0.15, -0.1) is 0 Å². The Morgan fingerprint density at radius 3 is 2.54 bits per heavy atom. The van der Waals surface area contributed by atoms with Crippen LogP contribution in [0.1, 0.15) is 21.7 Å². The van der Waals surface area contributed by atoms with E-state index in [9.17, 15) is 4.79 Å². The Kier molecular flexibility index (Phi) is 5.00. The molecule has 0 unspecified atom stereocenters. The second-order valence-corrected chi connectivity index (χ2v) is 6.86. The molecule has 0 N–H and O–H groups in total. The van der Waals surface area contributed by atoms with E-state index in [1.54, 1.807) is 18.3 Å². The van der Waals surface area contributed by atoms with Crippen molar-refractivity contribution in [2.45, 2.75) is 6.92 Å². The molecule has 0 aliphatic rings.